The van der Waals surface area contributed by atoms with Crippen LogP contribution in [0.4, 0.5) is 10.7 Å². The van der Waals surface area contributed by atoms with Crippen LogP contribution in [0.2, 0.25) is 0 Å². The fourth-order valence-electron chi connectivity index (χ4n) is 1.71. The maximum atomic E-state index is 11.1. The fraction of sp³-hybridized carbons (Fsp3) is 0.667. The average molecular weight is 272 g/mol. The number of hydrogen-bond acceptors (Lipinski definition) is 5. The van der Waals surface area contributed by atoms with E-state index < -0.39 is 6.10 Å². The molecule has 5 nitrogen and oxygen atoms in total. The van der Waals surface area contributed by atoms with Crippen molar-refractivity contribution in [3.63, 3.8) is 0 Å². The zero-order valence-electron chi connectivity index (χ0n) is 11.0. The van der Waals surface area contributed by atoms with Crippen LogP contribution in [0.1, 0.15) is 44.6 Å². The van der Waals surface area contributed by atoms with Gasteiger partial charge in [0.2, 0.25) is 0 Å². The average Bonchev–Trinajstić information content (AvgIpc) is 2.75. The molecule has 0 radical (unpaired) electrons. The van der Waals surface area contributed by atoms with Gasteiger partial charge in [-0.05, 0) is 20.3 Å². The molecule has 1 aromatic heterocycles. The number of hydrogen-bond donors (Lipinski definition) is 1. The predicted octanol–water partition coefficient (Wildman–Crippen LogP) is 3.34. The Morgan fingerprint density at radius 3 is 2.67 bits per heavy atom. The lowest BCUT2D eigenvalue weighted by Crippen LogP contribution is -2.23. The Kier molecular flexibility index (Phi) is 5.55. The van der Waals surface area contributed by atoms with E-state index in [1.807, 2.05) is 11.8 Å². The van der Waals surface area contributed by atoms with Crippen molar-refractivity contribution in [2.75, 3.05) is 18.0 Å². The van der Waals surface area contributed by atoms with Gasteiger partial charge in [0.15, 0.2) is 5.00 Å². The Morgan fingerprint density at radius 2 is 2.22 bits per heavy atom. The molecule has 0 amide bonds. The molecular formula is C12H20N2O3S. The maximum absolute atomic E-state index is 11.1. The van der Waals surface area contributed by atoms with Crippen molar-refractivity contribution < 1.29 is 10.0 Å². The SMILES string of the molecule is CCCCN(CC)c1sc(C(C)O)cc1[N+](=O)[O-]. The molecule has 0 saturated heterocycles. The summed E-state index contributed by atoms with van der Waals surface area (Å²) < 4.78 is 0. The number of unbranched alkanes of at least 4 members (excludes halogenated alkanes) is 1. The first-order valence-electron chi connectivity index (χ1n) is 6.22. The lowest BCUT2D eigenvalue weighted by Gasteiger charge is -2.20. The van der Waals surface area contributed by atoms with Gasteiger partial charge in [0.05, 0.1) is 11.0 Å². The predicted molar refractivity (Wildman–Crippen MR) is 74.4 cm³/mol. The minimum atomic E-state index is -0.660. The first-order valence-corrected chi connectivity index (χ1v) is 7.04. The Morgan fingerprint density at radius 1 is 1.56 bits per heavy atom. The summed E-state index contributed by atoms with van der Waals surface area (Å²) in [6, 6.07) is 1.49. The first-order chi connectivity index (χ1) is 8.51. The van der Waals surface area contributed by atoms with Crippen LogP contribution in [0.5, 0.6) is 0 Å². The Hall–Kier alpha value is -1.14. The van der Waals surface area contributed by atoms with Crippen molar-refractivity contribution in [2.45, 2.75) is 39.7 Å². The topological polar surface area (TPSA) is 66.6 Å². The molecule has 0 aromatic carbocycles. The van der Waals surface area contributed by atoms with Gasteiger partial charge in [-0.15, -0.1) is 11.3 Å². The van der Waals surface area contributed by atoms with Crippen molar-refractivity contribution in [3.8, 4) is 0 Å². The highest BCUT2D eigenvalue weighted by molar-refractivity contribution is 7.16. The quantitative estimate of drug-likeness (QED) is 0.610. The minimum absolute atomic E-state index is 0.105. The van der Waals surface area contributed by atoms with E-state index in [2.05, 4.69) is 6.92 Å². The molecule has 18 heavy (non-hydrogen) atoms. The number of thiophene rings is 1. The molecule has 1 aromatic rings. The van der Waals surface area contributed by atoms with Gasteiger partial charge < -0.3 is 10.0 Å². The summed E-state index contributed by atoms with van der Waals surface area (Å²) in [5, 5.41) is 21.3. The van der Waals surface area contributed by atoms with Crippen molar-refractivity contribution in [2.24, 2.45) is 0 Å². The Bertz CT molecular complexity index is 404. The van der Waals surface area contributed by atoms with E-state index >= 15 is 0 Å². The van der Waals surface area contributed by atoms with Crippen LogP contribution in [0, 0.1) is 10.1 Å². The standard InChI is InChI=1S/C12H20N2O3S/c1-4-6-7-13(5-2)12-10(14(16)17)8-11(18-12)9(3)15/h8-9,15H,4-7H2,1-3H3. The van der Waals surface area contributed by atoms with Gasteiger partial charge in [0.1, 0.15) is 0 Å². The monoisotopic (exact) mass is 272 g/mol. The maximum Gasteiger partial charge on any atom is 0.304 e. The molecule has 0 spiro atoms. The van der Waals surface area contributed by atoms with Gasteiger partial charge in [-0.2, -0.15) is 0 Å². The molecule has 0 fully saturated rings. The second kappa shape index (κ2) is 6.70. The van der Waals surface area contributed by atoms with Gasteiger partial charge in [-0.3, -0.25) is 10.1 Å². The molecule has 102 valence electrons. The molecule has 0 bridgehead atoms. The molecule has 0 saturated carbocycles. The third kappa shape index (κ3) is 3.43. The van der Waals surface area contributed by atoms with Crippen LogP contribution in [0.25, 0.3) is 0 Å². The molecule has 1 atom stereocenters. The smallest absolute Gasteiger partial charge is 0.304 e. The summed E-state index contributed by atoms with van der Waals surface area (Å²) in [7, 11) is 0. The molecule has 0 aliphatic heterocycles. The minimum Gasteiger partial charge on any atom is -0.388 e. The molecule has 0 aliphatic carbocycles. The van der Waals surface area contributed by atoms with Crippen molar-refractivity contribution >= 4 is 22.0 Å². The number of nitro groups is 1. The summed E-state index contributed by atoms with van der Waals surface area (Å²) in [6.07, 6.45) is 1.40. The highest BCUT2D eigenvalue weighted by Crippen LogP contribution is 2.40. The second-order valence-corrected chi connectivity index (χ2v) is 5.27. The van der Waals surface area contributed by atoms with Gasteiger partial charge in [-0.1, -0.05) is 13.3 Å². The molecule has 1 unspecified atom stereocenters. The summed E-state index contributed by atoms with van der Waals surface area (Å²) in [6.45, 7) is 7.26. The zero-order chi connectivity index (χ0) is 13.7. The van der Waals surface area contributed by atoms with Crippen molar-refractivity contribution in [1.29, 1.82) is 0 Å². The van der Waals surface area contributed by atoms with Crippen LogP contribution in [0.15, 0.2) is 6.07 Å². The normalized spacial score (nSPS) is 12.4. The number of aliphatic hydroxyl groups is 1. The molecular weight excluding hydrogens is 252 g/mol. The molecule has 1 N–H and O–H groups in total. The van der Waals surface area contributed by atoms with E-state index in [9.17, 15) is 15.2 Å². The van der Waals surface area contributed by atoms with E-state index in [0.29, 0.717) is 9.88 Å². The van der Waals surface area contributed by atoms with Gasteiger partial charge >= 0.3 is 5.69 Å². The van der Waals surface area contributed by atoms with Crippen LogP contribution < -0.4 is 4.90 Å². The lowest BCUT2D eigenvalue weighted by atomic mass is 10.3. The number of anilines is 1. The highest BCUT2D eigenvalue weighted by Gasteiger charge is 2.24. The molecule has 6 heteroatoms. The second-order valence-electron chi connectivity index (χ2n) is 4.21. The van der Waals surface area contributed by atoms with Crippen molar-refractivity contribution in [3.05, 3.63) is 21.1 Å². The fourth-order valence-corrected chi connectivity index (χ4v) is 2.86. The van der Waals surface area contributed by atoms with Crippen LogP contribution in [0.3, 0.4) is 0 Å². The number of aliphatic hydroxyl groups excluding tert-OH is 1. The van der Waals surface area contributed by atoms with E-state index in [1.165, 1.54) is 17.4 Å². The Balaban J connectivity index is 3.06. The third-order valence-electron chi connectivity index (χ3n) is 2.77. The first kappa shape index (κ1) is 14.9. The van der Waals surface area contributed by atoms with Crippen molar-refractivity contribution in [1.82, 2.24) is 0 Å². The third-order valence-corrected chi connectivity index (χ3v) is 4.13. The van der Waals surface area contributed by atoms with E-state index in [0.717, 1.165) is 25.9 Å². The lowest BCUT2D eigenvalue weighted by molar-refractivity contribution is -0.383. The Labute approximate surface area is 111 Å². The number of nitrogens with zero attached hydrogens (tertiary/aromatic N) is 2. The molecule has 1 heterocycles. The molecule has 1 rings (SSSR count). The summed E-state index contributed by atoms with van der Waals surface area (Å²) in [5.41, 5.74) is 0.105. The van der Waals surface area contributed by atoms with E-state index in [1.54, 1.807) is 6.92 Å². The highest BCUT2D eigenvalue weighted by atomic mass is 32.1. The zero-order valence-corrected chi connectivity index (χ0v) is 11.9. The van der Waals surface area contributed by atoms with Gasteiger partial charge in [-0.25, -0.2) is 0 Å². The number of rotatable bonds is 7. The van der Waals surface area contributed by atoms with Gasteiger partial charge in [0, 0.05) is 24.0 Å². The van der Waals surface area contributed by atoms with Crippen LogP contribution >= 0.6 is 11.3 Å². The van der Waals surface area contributed by atoms with Crippen LogP contribution in [-0.4, -0.2) is 23.1 Å². The van der Waals surface area contributed by atoms with Gasteiger partial charge in [0.25, 0.3) is 0 Å². The van der Waals surface area contributed by atoms with E-state index in [-0.39, 0.29) is 10.6 Å². The summed E-state index contributed by atoms with van der Waals surface area (Å²) in [5.74, 6) is 0. The van der Waals surface area contributed by atoms with E-state index in [4.69, 9.17) is 0 Å². The summed E-state index contributed by atoms with van der Waals surface area (Å²) >= 11 is 1.31. The summed E-state index contributed by atoms with van der Waals surface area (Å²) in [4.78, 5) is 13.3. The largest absolute Gasteiger partial charge is 0.388 e. The molecule has 0 aliphatic rings. The van der Waals surface area contributed by atoms with Crippen LogP contribution in [-0.2, 0) is 0 Å².